The molecule has 1 atom stereocenters. The number of likely N-dealkylation sites (tertiary alicyclic amines) is 1. The zero-order valence-corrected chi connectivity index (χ0v) is 12.9. The van der Waals surface area contributed by atoms with Crippen LogP contribution in [0.5, 0.6) is 0 Å². The molecule has 1 unspecified atom stereocenters. The maximum Gasteiger partial charge on any atom is 0.167 e. The fourth-order valence-corrected chi connectivity index (χ4v) is 3.78. The van der Waals surface area contributed by atoms with Crippen LogP contribution in [0.25, 0.3) is 10.8 Å². The number of fused-ring (bicyclic) bond motifs is 1. The highest BCUT2D eigenvalue weighted by Crippen LogP contribution is 2.30. The van der Waals surface area contributed by atoms with Gasteiger partial charge in [0.15, 0.2) is 5.78 Å². The van der Waals surface area contributed by atoms with Crippen LogP contribution in [0.1, 0.15) is 42.5 Å². The largest absolute Gasteiger partial charge is 0.300 e. The Labute approximate surface area is 131 Å². The highest BCUT2D eigenvalue weighted by atomic mass is 16.1. The molecule has 2 aliphatic rings. The molecule has 1 aromatic heterocycles. The van der Waals surface area contributed by atoms with E-state index in [4.69, 9.17) is 0 Å². The fourth-order valence-electron chi connectivity index (χ4n) is 3.78. The average Bonchev–Trinajstić information content (AvgIpc) is 2.52. The number of benzene rings is 1. The summed E-state index contributed by atoms with van der Waals surface area (Å²) in [5.41, 5.74) is 0.860. The van der Waals surface area contributed by atoms with E-state index in [2.05, 4.69) is 9.88 Å². The molecule has 2 fully saturated rings. The lowest BCUT2D eigenvalue weighted by atomic mass is 9.85. The molecule has 1 saturated carbocycles. The van der Waals surface area contributed by atoms with Crippen molar-refractivity contribution < 1.29 is 4.79 Å². The van der Waals surface area contributed by atoms with Gasteiger partial charge in [0.1, 0.15) is 0 Å². The van der Waals surface area contributed by atoms with Gasteiger partial charge in [-0.05, 0) is 49.7 Å². The van der Waals surface area contributed by atoms with Crippen molar-refractivity contribution in [2.24, 2.45) is 5.92 Å². The zero-order chi connectivity index (χ0) is 14.9. The first-order valence-corrected chi connectivity index (χ1v) is 8.43. The second kappa shape index (κ2) is 5.81. The lowest BCUT2D eigenvalue weighted by molar-refractivity contribution is 0.0612. The Morgan fingerprint density at radius 3 is 2.82 bits per heavy atom. The van der Waals surface area contributed by atoms with Gasteiger partial charge in [0.05, 0.1) is 0 Å². The average molecular weight is 294 g/mol. The van der Waals surface area contributed by atoms with E-state index >= 15 is 0 Å². The third-order valence-electron chi connectivity index (χ3n) is 5.34. The Morgan fingerprint density at radius 2 is 2.00 bits per heavy atom. The maximum absolute atomic E-state index is 12.9. The van der Waals surface area contributed by atoms with Crippen LogP contribution in [0, 0.1) is 5.92 Å². The van der Waals surface area contributed by atoms with Crippen LogP contribution in [0.3, 0.4) is 0 Å². The van der Waals surface area contributed by atoms with E-state index in [1.54, 1.807) is 6.20 Å². The van der Waals surface area contributed by atoms with Crippen molar-refractivity contribution in [3.63, 3.8) is 0 Å². The summed E-state index contributed by atoms with van der Waals surface area (Å²) in [4.78, 5) is 19.6. The van der Waals surface area contributed by atoms with Crippen molar-refractivity contribution in [2.45, 2.75) is 38.1 Å². The van der Waals surface area contributed by atoms with Crippen molar-refractivity contribution in [3.8, 4) is 0 Å². The van der Waals surface area contributed by atoms with Crippen molar-refractivity contribution in [2.75, 3.05) is 13.1 Å². The van der Waals surface area contributed by atoms with Gasteiger partial charge in [-0.2, -0.15) is 0 Å². The molecule has 114 valence electrons. The van der Waals surface area contributed by atoms with Gasteiger partial charge in [-0.1, -0.05) is 18.6 Å². The summed E-state index contributed by atoms with van der Waals surface area (Å²) in [6.07, 6.45) is 9.84. The van der Waals surface area contributed by atoms with Crippen molar-refractivity contribution in [1.29, 1.82) is 0 Å². The predicted octanol–water partition coefficient (Wildman–Crippen LogP) is 3.68. The van der Waals surface area contributed by atoms with Crippen molar-refractivity contribution in [3.05, 3.63) is 42.2 Å². The molecule has 3 heteroatoms. The van der Waals surface area contributed by atoms with Crippen LogP contribution in [-0.2, 0) is 0 Å². The second-order valence-electron chi connectivity index (χ2n) is 6.72. The van der Waals surface area contributed by atoms with Gasteiger partial charge in [0.2, 0.25) is 0 Å². The number of pyridine rings is 1. The fraction of sp³-hybridized carbons (Fsp3) is 0.474. The lowest BCUT2D eigenvalue weighted by Crippen LogP contribution is -2.47. The molecule has 2 aromatic rings. The molecule has 4 rings (SSSR count). The van der Waals surface area contributed by atoms with Crippen LogP contribution < -0.4 is 0 Å². The summed E-state index contributed by atoms with van der Waals surface area (Å²) in [7, 11) is 0. The number of hydrogen-bond acceptors (Lipinski definition) is 3. The van der Waals surface area contributed by atoms with Gasteiger partial charge in [-0.3, -0.25) is 14.7 Å². The van der Waals surface area contributed by atoms with Gasteiger partial charge in [-0.15, -0.1) is 0 Å². The molecule has 1 aromatic carbocycles. The first-order chi connectivity index (χ1) is 10.8. The number of hydrogen-bond donors (Lipinski definition) is 0. The number of Topliss-reactive ketones (excluding diaryl/α,β-unsaturated/α-hetero) is 1. The molecule has 0 radical (unpaired) electrons. The summed E-state index contributed by atoms with van der Waals surface area (Å²) >= 11 is 0. The molecule has 0 amide bonds. The molecular weight excluding hydrogens is 272 g/mol. The van der Waals surface area contributed by atoms with E-state index in [0.717, 1.165) is 41.8 Å². The molecule has 0 bridgehead atoms. The smallest absolute Gasteiger partial charge is 0.167 e. The summed E-state index contributed by atoms with van der Waals surface area (Å²) < 4.78 is 0. The number of aromatic nitrogens is 1. The minimum atomic E-state index is 0.175. The topological polar surface area (TPSA) is 33.2 Å². The van der Waals surface area contributed by atoms with Crippen LogP contribution in [-0.4, -0.2) is 34.8 Å². The minimum Gasteiger partial charge on any atom is -0.300 e. The monoisotopic (exact) mass is 294 g/mol. The Morgan fingerprint density at radius 1 is 1.09 bits per heavy atom. The van der Waals surface area contributed by atoms with E-state index in [-0.39, 0.29) is 5.92 Å². The first-order valence-electron chi connectivity index (χ1n) is 8.43. The highest BCUT2D eigenvalue weighted by molar-refractivity contribution is 6.01. The van der Waals surface area contributed by atoms with E-state index in [9.17, 15) is 4.79 Å². The third-order valence-corrected chi connectivity index (χ3v) is 5.34. The number of carbonyl (C=O) groups excluding carboxylic acids is 1. The Balaban J connectivity index is 1.54. The predicted molar refractivity (Wildman–Crippen MR) is 88.0 cm³/mol. The van der Waals surface area contributed by atoms with E-state index < -0.39 is 0 Å². The second-order valence-corrected chi connectivity index (χ2v) is 6.72. The van der Waals surface area contributed by atoms with Gasteiger partial charge in [0.25, 0.3) is 0 Å². The molecule has 0 spiro atoms. The SMILES string of the molecule is O=C(c1ccc2cnccc2c1)C1CCCN(C2CCC2)C1. The zero-order valence-electron chi connectivity index (χ0n) is 12.9. The van der Waals surface area contributed by atoms with Crippen molar-refractivity contribution in [1.82, 2.24) is 9.88 Å². The molecule has 1 aliphatic carbocycles. The Hall–Kier alpha value is -1.74. The normalized spacial score (nSPS) is 23.4. The summed E-state index contributed by atoms with van der Waals surface area (Å²) in [6.45, 7) is 2.13. The molecular formula is C19H22N2O. The number of nitrogens with zero attached hydrogens (tertiary/aromatic N) is 2. The van der Waals surface area contributed by atoms with Crippen LogP contribution in [0.15, 0.2) is 36.7 Å². The summed E-state index contributed by atoms with van der Waals surface area (Å²) in [5.74, 6) is 0.497. The van der Waals surface area contributed by atoms with E-state index in [0.29, 0.717) is 5.78 Å². The van der Waals surface area contributed by atoms with Crippen molar-refractivity contribution >= 4 is 16.6 Å². The summed E-state index contributed by atoms with van der Waals surface area (Å²) in [6, 6.07) is 8.74. The number of rotatable bonds is 3. The van der Waals surface area contributed by atoms with E-state index in [1.165, 1.54) is 25.8 Å². The quantitative estimate of drug-likeness (QED) is 0.810. The van der Waals surface area contributed by atoms with Crippen LogP contribution in [0.4, 0.5) is 0 Å². The molecule has 1 aliphatic heterocycles. The molecule has 2 heterocycles. The summed E-state index contributed by atoms with van der Waals surface area (Å²) in [5, 5.41) is 2.20. The minimum absolute atomic E-state index is 0.175. The molecule has 0 N–H and O–H groups in total. The number of ketones is 1. The third kappa shape index (κ3) is 2.54. The number of carbonyl (C=O) groups is 1. The molecule has 22 heavy (non-hydrogen) atoms. The molecule has 3 nitrogen and oxygen atoms in total. The molecule has 1 saturated heterocycles. The lowest BCUT2D eigenvalue weighted by Gasteiger charge is -2.42. The van der Waals surface area contributed by atoms with Gasteiger partial charge in [-0.25, -0.2) is 0 Å². The first kappa shape index (κ1) is 13.9. The van der Waals surface area contributed by atoms with Crippen LogP contribution in [0.2, 0.25) is 0 Å². The van der Waals surface area contributed by atoms with Gasteiger partial charge >= 0.3 is 0 Å². The van der Waals surface area contributed by atoms with Gasteiger partial charge in [0, 0.05) is 41.8 Å². The number of piperidine rings is 1. The van der Waals surface area contributed by atoms with E-state index in [1.807, 2.05) is 30.5 Å². The maximum atomic E-state index is 12.9. The van der Waals surface area contributed by atoms with Crippen LogP contribution >= 0.6 is 0 Å². The Bertz CT molecular complexity index is 693. The standard InChI is InChI=1S/C19H22N2O/c22-19(15-6-7-16-12-20-9-8-14(16)11-15)17-3-2-10-21(13-17)18-4-1-5-18/h6-9,11-12,17-18H,1-5,10,13H2. The highest BCUT2D eigenvalue weighted by Gasteiger charge is 2.32. The Kier molecular flexibility index (Phi) is 3.67. The van der Waals surface area contributed by atoms with Gasteiger partial charge < -0.3 is 0 Å².